The maximum atomic E-state index is 12.5. The van der Waals surface area contributed by atoms with Gasteiger partial charge in [0.05, 0.1) is 12.3 Å². The van der Waals surface area contributed by atoms with Crippen molar-refractivity contribution in [3.05, 3.63) is 17.8 Å². The van der Waals surface area contributed by atoms with Crippen molar-refractivity contribution in [2.45, 2.75) is 59.4 Å². The van der Waals surface area contributed by atoms with E-state index >= 15 is 0 Å². The van der Waals surface area contributed by atoms with Gasteiger partial charge in [-0.3, -0.25) is 4.79 Å². The molecule has 1 N–H and O–H groups in total. The number of nitrogens with zero attached hydrogens (tertiary/aromatic N) is 2. The van der Waals surface area contributed by atoms with Crippen LogP contribution in [0.25, 0.3) is 0 Å². The van der Waals surface area contributed by atoms with Crippen LogP contribution in [0.5, 0.6) is 0 Å². The fourth-order valence-electron chi connectivity index (χ4n) is 2.34. The minimum atomic E-state index is -0.945. The summed E-state index contributed by atoms with van der Waals surface area (Å²) in [5, 5.41) is 12.3. The zero-order valence-electron chi connectivity index (χ0n) is 12.7. The molecular weight excluding hydrogens is 254 g/mol. The number of hydrogen-bond acceptors (Lipinski definition) is 4. The van der Waals surface area contributed by atoms with Crippen LogP contribution in [-0.4, -0.2) is 10.9 Å². The normalized spacial score (nSPS) is 12.8. The summed E-state index contributed by atoms with van der Waals surface area (Å²) in [5.41, 5.74) is -0.945. The molecule has 0 saturated carbocycles. The molecule has 0 aliphatic heterocycles. The van der Waals surface area contributed by atoms with Crippen LogP contribution in [0.1, 0.15) is 64.1 Å². The Labute approximate surface area is 120 Å². The fourth-order valence-corrected chi connectivity index (χ4v) is 2.34. The van der Waals surface area contributed by atoms with Crippen LogP contribution in [0.4, 0.5) is 0 Å². The van der Waals surface area contributed by atoms with Crippen molar-refractivity contribution in [1.82, 2.24) is 10.3 Å². The monoisotopic (exact) mass is 277 g/mol. The molecule has 1 unspecified atom stereocenters. The minimum Gasteiger partial charge on any atom is -0.444 e. The van der Waals surface area contributed by atoms with Crippen LogP contribution in [-0.2, 0) is 4.79 Å². The number of hydrogen-bond donors (Lipinski definition) is 1. The van der Waals surface area contributed by atoms with E-state index in [4.69, 9.17) is 4.42 Å². The topological polar surface area (TPSA) is 78.9 Å². The van der Waals surface area contributed by atoms with Gasteiger partial charge in [-0.25, -0.2) is 4.98 Å². The van der Waals surface area contributed by atoms with Gasteiger partial charge >= 0.3 is 0 Å². The maximum absolute atomic E-state index is 12.5. The third-order valence-electron chi connectivity index (χ3n) is 3.36. The van der Waals surface area contributed by atoms with E-state index in [9.17, 15) is 10.1 Å². The summed E-state index contributed by atoms with van der Waals surface area (Å²) in [6.07, 6.45) is 4.36. The van der Waals surface area contributed by atoms with Crippen LogP contribution in [0, 0.1) is 23.7 Å². The van der Waals surface area contributed by atoms with E-state index in [0.29, 0.717) is 24.5 Å². The average Bonchev–Trinajstić information content (AvgIpc) is 2.85. The van der Waals surface area contributed by atoms with E-state index in [0.717, 1.165) is 12.8 Å². The molecule has 1 amide bonds. The van der Waals surface area contributed by atoms with E-state index in [-0.39, 0.29) is 11.9 Å². The maximum Gasteiger partial charge on any atom is 0.241 e. The van der Waals surface area contributed by atoms with E-state index in [2.05, 4.69) is 16.4 Å². The van der Waals surface area contributed by atoms with E-state index in [1.807, 2.05) is 20.8 Å². The number of aryl methyl sites for hydroxylation is 1. The zero-order chi connectivity index (χ0) is 15.2. The number of amides is 1. The molecule has 0 aliphatic carbocycles. The minimum absolute atomic E-state index is 0.230. The smallest absolute Gasteiger partial charge is 0.241 e. The highest BCUT2D eigenvalue weighted by Crippen LogP contribution is 2.30. The third-order valence-corrected chi connectivity index (χ3v) is 3.36. The van der Waals surface area contributed by atoms with Gasteiger partial charge in [0, 0.05) is 0 Å². The first kappa shape index (κ1) is 16.2. The third kappa shape index (κ3) is 3.60. The number of nitriles is 1. The second-order valence-corrected chi connectivity index (χ2v) is 5.20. The van der Waals surface area contributed by atoms with Crippen LogP contribution in [0.15, 0.2) is 10.6 Å². The van der Waals surface area contributed by atoms with Gasteiger partial charge in [0.25, 0.3) is 0 Å². The number of aromatic nitrogens is 1. The largest absolute Gasteiger partial charge is 0.444 e. The van der Waals surface area contributed by atoms with Crippen molar-refractivity contribution in [3.8, 4) is 6.07 Å². The summed E-state index contributed by atoms with van der Waals surface area (Å²) in [7, 11) is 0. The Kier molecular flexibility index (Phi) is 5.75. The number of nitrogens with one attached hydrogen (secondary N) is 1. The Balaban J connectivity index is 2.83. The predicted octanol–water partition coefficient (Wildman–Crippen LogP) is 3.27. The van der Waals surface area contributed by atoms with Crippen LogP contribution in [0.2, 0.25) is 0 Å². The number of oxazole rings is 1. The van der Waals surface area contributed by atoms with Gasteiger partial charge in [0.2, 0.25) is 11.8 Å². The lowest BCUT2D eigenvalue weighted by Crippen LogP contribution is -2.41. The highest BCUT2D eigenvalue weighted by molar-refractivity contribution is 5.85. The molecule has 1 rings (SSSR count). The molecule has 0 aromatic carbocycles. The van der Waals surface area contributed by atoms with Gasteiger partial charge in [0.1, 0.15) is 17.2 Å². The molecule has 1 heterocycles. The van der Waals surface area contributed by atoms with Crippen LogP contribution in [0.3, 0.4) is 0 Å². The number of rotatable bonds is 7. The van der Waals surface area contributed by atoms with Crippen LogP contribution < -0.4 is 5.32 Å². The first-order valence-corrected chi connectivity index (χ1v) is 7.13. The lowest BCUT2D eigenvalue weighted by atomic mass is 9.79. The van der Waals surface area contributed by atoms with Crippen molar-refractivity contribution in [3.63, 3.8) is 0 Å². The quantitative estimate of drug-likeness (QED) is 0.829. The second-order valence-electron chi connectivity index (χ2n) is 5.20. The van der Waals surface area contributed by atoms with Gasteiger partial charge < -0.3 is 9.73 Å². The van der Waals surface area contributed by atoms with E-state index < -0.39 is 5.41 Å². The fraction of sp³-hybridized carbons (Fsp3) is 0.667. The number of carbonyl (C=O) groups excluding carboxylic acids is 1. The molecular formula is C15H23N3O2. The predicted molar refractivity (Wildman–Crippen MR) is 75.7 cm³/mol. The van der Waals surface area contributed by atoms with Gasteiger partial charge in [-0.15, -0.1) is 0 Å². The molecule has 5 nitrogen and oxygen atoms in total. The molecule has 0 aliphatic rings. The molecule has 0 spiro atoms. The van der Waals surface area contributed by atoms with Crippen molar-refractivity contribution in [2.75, 3.05) is 0 Å². The Morgan fingerprint density at radius 3 is 2.50 bits per heavy atom. The van der Waals surface area contributed by atoms with Crippen molar-refractivity contribution in [2.24, 2.45) is 5.41 Å². The highest BCUT2D eigenvalue weighted by Gasteiger charge is 2.37. The van der Waals surface area contributed by atoms with Crippen LogP contribution >= 0.6 is 0 Å². The standard InChI is InChI=1S/C15H23N3O2/c1-5-7-15(10-16,8-6-2)14(19)18-12(4)13-17-9-11(3)20-13/h9,12H,5-8H2,1-4H3,(H,18,19). The Bertz CT molecular complexity index is 482. The molecule has 20 heavy (non-hydrogen) atoms. The number of carbonyl (C=O) groups is 1. The van der Waals surface area contributed by atoms with Gasteiger partial charge in [-0.05, 0) is 26.7 Å². The summed E-state index contributed by atoms with van der Waals surface area (Å²) < 4.78 is 5.40. The summed E-state index contributed by atoms with van der Waals surface area (Å²) >= 11 is 0. The summed E-state index contributed by atoms with van der Waals surface area (Å²) in [6, 6.07) is 1.88. The molecule has 0 radical (unpaired) electrons. The highest BCUT2D eigenvalue weighted by atomic mass is 16.4. The molecule has 0 bridgehead atoms. The molecule has 5 heteroatoms. The summed E-state index contributed by atoms with van der Waals surface area (Å²) in [5.74, 6) is 0.942. The van der Waals surface area contributed by atoms with Crippen molar-refractivity contribution < 1.29 is 9.21 Å². The zero-order valence-corrected chi connectivity index (χ0v) is 12.7. The Hall–Kier alpha value is -1.83. The van der Waals surface area contributed by atoms with Gasteiger partial charge in [-0.2, -0.15) is 5.26 Å². The van der Waals surface area contributed by atoms with E-state index in [1.165, 1.54) is 0 Å². The molecule has 0 fully saturated rings. The molecule has 0 saturated heterocycles. The molecule has 110 valence electrons. The lowest BCUT2D eigenvalue weighted by Gasteiger charge is -2.26. The van der Waals surface area contributed by atoms with E-state index in [1.54, 1.807) is 13.1 Å². The average molecular weight is 277 g/mol. The van der Waals surface area contributed by atoms with Gasteiger partial charge in [-0.1, -0.05) is 26.7 Å². The molecule has 1 aromatic heterocycles. The lowest BCUT2D eigenvalue weighted by molar-refractivity contribution is -0.129. The summed E-state index contributed by atoms with van der Waals surface area (Å²) in [6.45, 7) is 7.58. The summed E-state index contributed by atoms with van der Waals surface area (Å²) in [4.78, 5) is 16.6. The van der Waals surface area contributed by atoms with Crippen molar-refractivity contribution in [1.29, 1.82) is 5.26 Å². The van der Waals surface area contributed by atoms with Crippen molar-refractivity contribution >= 4 is 5.91 Å². The second kappa shape index (κ2) is 7.09. The Morgan fingerprint density at radius 1 is 1.50 bits per heavy atom. The molecule has 1 aromatic rings. The Morgan fingerprint density at radius 2 is 2.10 bits per heavy atom. The molecule has 1 atom stereocenters. The first-order chi connectivity index (χ1) is 9.49. The SMILES string of the molecule is CCCC(C#N)(CCC)C(=O)NC(C)c1ncc(C)o1. The van der Waals surface area contributed by atoms with Gasteiger partial charge in [0.15, 0.2) is 0 Å². The first-order valence-electron chi connectivity index (χ1n) is 7.13.